The number of methoxy groups -OCH3 is 2. The fraction of sp³-hybridized carbons (Fsp3) is 0.429. The van der Waals surface area contributed by atoms with Gasteiger partial charge in [0.2, 0.25) is 0 Å². The molecule has 0 aliphatic rings. The van der Waals surface area contributed by atoms with Crippen LogP contribution < -0.4 is 14.2 Å². The highest BCUT2D eigenvalue weighted by Gasteiger charge is 2.39. The third-order valence-corrected chi connectivity index (χ3v) is 8.48. The Kier molecular flexibility index (Phi) is 13.6. The van der Waals surface area contributed by atoms with E-state index in [1.54, 1.807) is 48.5 Å². The Labute approximate surface area is 226 Å². The van der Waals surface area contributed by atoms with Gasteiger partial charge in [0.1, 0.15) is 5.75 Å². The van der Waals surface area contributed by atoms with E-state index in [2.05, 4.69) is 4.74 Å². The average molecular weight is 547 g/mol. The molecule has 0 aliphatic carbocycles. The average Bonchev–Trinajstić information content (AvgIpc) is 2.92. The second kappa shape index (κ2) is 16.6. The number of hydrogen-bond acceptors (Lipinski definition) is 9. The summed E-state index contributed by atoms with van der Waals surface area (Å²) in [5.74, 6) is 0.273. The molecule has 0 heterocycles. The molecule has 38 heavy (non-hydrogen) atoms. The lowest BCUT2D eigenvalue weighted by Gasteiger charge is -2.28. The van der Waals surface area contributed by atoms with Crippen LogP contribution in [0.25, 0.3) is 6.08 Å². The first kappa shape index (κ1) is 31.0. The molecule has 2 aromatic rings. The Hall–Kier alpha value is -3.18. The Bertz CT molecular complexity index is 1020. The van der Waals surface area contributed by atoms with E-state index in [4.69, 9.17) is 27.5 Å². The molecule has 0 radical (unpaired) electrons. The quantitative estimate of drug-likeness (QED) is 0.0859. The molecule has 0 aliphatic heterocycles. The Morgan fingerprint density at radius 2 is 1.50 bits per heavy atom. The van der Waals surface area contributed by atoms with E-state index in [9.17, 15) is 9.59 Å². The van der Waals surface area contributed by atoms with Gasteiger partial charge in [-0.15, -0.1) is 0 Å². The number of carbonyl (C=O) groups excluding carboxylic acids is 2. The molecule has 0 aromatic heterocycles. The summed E-state index contributed by atoms with van der Waals surface area (Å²) in [7, 11) is 0.139. The summed E-state index contributed by atoms with van der Waals surface area (Å²) >= 11 is 0. The maximum atomic E-state index is 12.7. The van der Waals surface area contributed by atoms with Crippen molar-refractivity contribution in [2.24, 2.45) is 0 Å². The summed E-state index contributed by atoms with van der Waals surface area (Å²) in [5, 5.41) is 0. The van der Waals surface area contributed by atoms with Gasteiger partial charge in [0.05, 0.1) is 26.4 Å². The zero-order valence-corrected chi connectivity index (χ0v) is 23.8. The number of hydrogen-bond donors (Lipinski definition) is 0. The van der Waals surface area contributed by atoms with E-state index < -0.39 is 20.7 Å². The van der Waals surface area contributed by atoms with Crippen molar-refractivity contribution in [3.05, 3.63) is 59.7 Å². The van der Waals surface area contributed by atoms with Gasteiger partial charge in [-0.25, -0.2) is 9.59 Å². The molecule has 0 unspecified atom stereocenters. The summed E-state index contributed by atoms with van der Waals surface area (Å²) in [5.41, 5.74) is 1.06. The van der Waals surface area contributed by atoms with Crippen molar-refractivity contribution >= 4 is 26.8 Å². The van der Waals surface area contributed by atoms with Gasteiger partial charge >= 0.3 is 20.7 Å². The van der Waals surface area contributed by atoms with Crippen molar-refractivity contribution in [2.75, 3.05) is 40.6 Å². The number of carbonyl (C=O) groups is 2. The number of rotatable bonds is 17. The van der Waals surface area contributed by atoms with E-state index in [0.29, 0.717) is 49.1 Å². The predicted octanol–water partition coefficient (Wildman–Crippen LogP) is 5.31. The lowest BCUT2D eigenvalue weighted by molar-refractivity contribution is -0.134. The molecule has 9 nitrogen and oxygen atoms in total. The molecule has 0 N–H and O–H groups in total. The molecule has 0 fully saturated rings. The normalized spacial score (nSPS) is 11.4. The highest BCUT2D eigenvalue weighted by molar-refractivity contribution is 6.60. The molecule has 2 rings (SSSR count). The summed E-state index contributed by atoms with van der Waals surface area (Å²) < 4.78 is 38.9. The van der Waals surface area contributed by atoms with Crippen LogP contribution in [0.15, 0.2) is 48.5 Å². The van der Waals surface area contributed by atoms with Crippen LogP contribution in [0.5, 0.6) is 17.2 Å². The van der Waals surface area contributed by atoms with E-state index in [0.717, 1.165) is 18.9 Å². The predicted molar refractivity (Wildman–Crippen MR) is 146 cm³/mol. The summed E-state index contributed by atoms with van der Waals surface area (Å²) in [6.07, 6.45) is 4.54. The van der Waals surface area contributed by atoms with Crippen molar-refractivity contribution < 1.29 is 41.8 Å². The smallest absolute Gasteiger partial charge is 0.494 e. The van der Waals surface area contributed by atoms with Gasteiger partial charge in [0, 0.05) is 31.9 Å². The van der Waals surface area contributed by atoms with Gasteiger partial charge in [-0.1, -0.05) is 6.07 Å². The van der Waals surface area contributed by atoms with Crippen LogP contribution in [0.4, 0.5) is 0 Å². The van der Waals surface area contributed by atoms with E-state index in [1.807, 2.05) is 20.8 Å². The van der Waals surface area contributed by atoms with E-state index >= 15 is 0 Å². The van der Waals surface area contributed by atoms with Gasteiger partial charge in [0.15, 0.2) is 11.5 Å². The lowest BCUT2D eigenvalue weighted by Crippen LogP contribution is -2.45. The minimum atomic E-state index is -2.64. The standard InChI is InChI=1S/C28H38O9Si/c1-6-34-38(35-7-2,36-8-3)20-10-9-19-33-24-15-13-23(14-16-24)28(30)37-25-17-11-22(21-26(25)31-4)12-18-27(29)32-5/h11-18,21H,6-10,19-20H2,1-5H3/b18-12+. The Morgan fingerprint density at radius 1 is 0.842 bits per heavy atom. The highest BCUT2D eigenvalue weighted by atomic mass is 28.4. The first-order valence-electron chi connectivity index (χ1n) is 12.7. The van der Waals surface area contributed by atoms with Crippen LogP contribution >= 0.6 is 0 Å². The van der Waals surface area contributed by atoms with Crippen LogP contribution in [0.3, 0.4) is 0 Å². The van der Waals surface area contributed by atoms with Gasteiger partial charge < -0.3 is 32.2 Å². The summed E-state index contributed by atoms with van der Waals surface area (Å²) in [4.78, 5) is 24.0. The topological polar surface area (TPSA) is 98.8 Å². The van der Waals surface area contributed by atoms with Gasteiger partial charge in [-0.05, 0) is 81.7 Å². The van der Waals surface area contributed by atoms with Gasteiger partial charge in [-0.3, -0.25) is 0 Å². The van der Waals surface area contributed by atoms with E-state index in [1.165, 1.54) is 20.3 Å². The zero-order chi connectivity index (χ0) is 27.8. The molecule has 0 atom stereocenters. The first-order valence-corrected chi connectivity index (χ1v) is 14.6. The van der Waals surface area contributed by atoms with Gasteiger partial charge in [0.25, 0.3) is 0 Å². The summed E-state index contributed by atoms with van der Waals surface area (Å²) in [6.45, 7) is 8.04. The maximum Gasteiger partial charge on any atom is 0.500 e. The fourth-order valence-electron chi connectivity index (χ4n) is 3.59. The number of esters is 2. The number of benzene rings is 2. The third-order valence-electron chi connectivity index (χ3n) is 5.33. The molecular formula is C28H38O9Si. The molecule has 0 amide bonds. The van der Waals surface area contributed by atoms with Crippen molar-refractivity contribution in [3.8, 4) is 17.2 Å². The van der Waals surface area contributed by atoms with E-state index in [-0.39, 0.29) is 5.75 Å². The minimum Gasteiger partial charge on any atom is -0.494 e. The molecule has 0 bridgehead atoms. The SMILES string of the molecule is CCO[Si](CCCCOc1ccc(C(=O)Oc2ccc(/C=C/C(=O)OC)cc2OC)cc1)(OCC)OCC. The molecule has 0 saturated carbocycles. The molecule has 2 aromatic carbocycles. The van der Waals surface area contributed by atoms with Crippen molar-refractivity contribution in [1.29, 1.82) is 0 Å². The highest BCUT2D eigenvalue weighted by Crippen LogP contribution is 2.29. The van der Waals surface area contributed by atoms with Gasteiger partial charge in [-0.2, -0.15) is 0 Å². The molecule has 10 heteroatoms. The first-order chi connectivity index (χ1) is 18.4. The zero-order valence-electron chi connectivity index (χ0n) is 22.8. The largest absolute Gasteiger partial charge is 0.500 e. The number of unbranched alkanes of at least 4 members (excludes halogenated alkanes) is 1. The van der Waals surface area contributed by atoms with Crippen molar-refractivity contribution in [1.82, 2.24) is 0 Å². The van der Waals surface area contributed by atoms with Crippen molar-refractivity contribution in [2.45, 2.75) is 39.7 Å². The fourth-order valence-corrected chi connectivity index (χ4v) is 6.27. The van der Waals surface area contributed by atoms with Crippen LogP contribution in [-0.4, -0.2) is 61.4 Å². The number of ether oxygens (including phenoxy) is 4. The van der Waals surface area contributed by atoms with Crippen LogP contribution in [-0.2, 0) is 22.8 Å². The Balaban J connectivity index is 1.88. The van der Waals surface area contributed by atoms with Crippen LogP contribution in [0, 0.1) is 0 Å². The summed E-state index contributed by atoms with van der Waals surface area (Å²) in [6, 6.07) is 12.5. The minimum absolute atomic E-state index is 0.263. The Morgan fingerprint density at radius 3 is 2.08 bits per heavy atom. The molecule has 0 spiro atoms. The molecular weight excluding hydrogens is 508 g/mol. The van der Waals surface area contributed by atoms with Crippen LogP contribution in [0.1, 0.15) is 49.5 Å². The second-order valence-electron chi connectivity index (χ2n) is 7.97. The lowest BCUT2D eigenvalue weighted by atomic mass is 10.2. The molecule has 208 valence electrons. The maximum absolute atomic E-state index is 12.7. The third kappa shape index (κ3) is 9.94. The molecule has 0 saturated heterocycles. The van der Waals surface area contributed by atoms with Crippen LogP contribution in [0.2, 0.25) is 6.04 Å². The second-order valence-corrected chi connectivity index (χ2v) is 10.7. The monoisotopic (exact) mass is 546 g/mol. The van der Waals surface area contributed by atoms with Crippen molar-refractivity contribution in [3.63, 3.8) is 0 Å².